The minimum atomic E-state index is -4.47. The highest BCUT2D eigenvalue weighted by Gasteiger charge is 2.49. The van der Waals surface area contributed by atoms with Gasteiger partial charge in [0.05, 0.1) is 36.6 Å². The minimum absolute atomic E-state index is 0.0678. The van der Waals surface area contributed by atoms with Crippen LogP contribution in [0.25, 0.3) is 0 Å². The summed E-state index contributed by atoms with van der Waals surface area (Å²) in [6, 6.07) is 1.88. The van der Waals surface area contributed by atoms with Crippen molar-refractivity contribution in [3.05, 3.63) is 36.3 Å². The molecule has 0 aliphatic carbocycles. The lowest BCUT2D eigenvalue weighted by molar-refractivity contribution is -0.137. The Balaban J connectivity index is 1.27. The number of halogens is 3. The summed E-state index contributed by atoms with van der Waals surface area (Å²) in [5.74, 6) is 1.52. The summed E-state index contributed by atoms with van der Waals surface area (Å²) < 4.78 is 44.7. The SMILES string of the molecule is O=C1N(c2cc(C(F)(F)F)ccn2)CCC12CCN(c1cncc(N3CCOCC3)n1)CC2. The third-order valence-corrected chi connectivity index (χ3v) is 6.85. The van der Waals surface area contributed by atoms with E-state index in [0.29, 0.717) is 52.1 Å². The summed E-state index contributed by atoms with van der Waals surface area (Å²) in [6.07, 6.45) is 1.96. The highest BCUT2D eigenvalue weighted by Crippen LogP contribution is 2.44. The monoisotopic (exact) mass is 462 g/mol. The second-order valence-corrected chi connectivity index (χ2v) is 8.71. The average Bonchev–Trinajstić information content (AvgIpc) is 3.15. The number of amides is 1. The van der Waals surface area contributed by atoms with Crippen molar-refractivity contribution >= 4 is 23.4 Å². The van der Waals surface area contributed by atoms with Crippen molar-refractivity contribution in [3.63, 3.8) is 0 Å². The van der Waals surface area contributed by atoms with Crippen LogP contribution in [0.3, 0.4) is 0 Å². The van der Waals surface area contributed by atoms with Gasteiger partial charge in [-0.05, 0) is 31.4 Å². The number of anilines is 3. The fourth-order valence-corrected chi connectivity index (χ4v) is 4.85. The van der Waals surface area contributed by atoms with Gasteiger partial charge in [0.15, 0.2) is 0 Å². The molecule has 0 aromatic carbocycles. The smallest absolute Gasteiger partial charge is 0.378 e. The Labute approximate surface area is 189 Å². The van der Waals surface area contributed by atoms with E-state index in [1.54, 1.807) is 12.4 Å². The van der Waals surface area contributed by atoms with E-state index in [0.717, 1.165) is 43.1 Å². The molecule has 3 saturated heterocycles. The van der Waals surface area contributed by atoms with Crippen LogP contribution in [0.2, 0.25) is 0 Å². The second-order valence-electron chi connectivity index (χ2n) is 8.71. The molecule has 3 aliphatic heterocycles. The maximum atomic E-state index is 13.3. The summed E-state index contributed by atoms with van der Waals surface area (Å²) in [7, 11) is 0. The standard InChI is InChI=1S/C22H25F3N6O2/c23-22(24,25)16-1-5-27-17(13-16)31-8-4-21(20(31)32)2-6-29(7-3-21)18-14-26-15-19(28-18)30-9-11-33-12-10-30/h1,5,13-15H,2-4,6-12H2. The van der Waals surface area contributed by atoms with Crippen LogP contribution in [0, 0.1) is 5.41 Å². The largest absolute Gasteiger partial charge is 0.416 e. The molecule has 0 radical (unpaired) electrons. The van der Waals surface area contributed by atoms with E-state index in [4.69, 9.17) is 9.72 Å². The Morgan fingerprint density at radius 2 is 1.55 bits per heavy atom. The van der Waals surface area contributed by atoms with Gasteiger partial charge in [-0.1, -0.05) is 0 Å². The highest BCUT2D eigenvalue weighted by molar-refractivity contribution is 5.99. The summed E-state index contributed by atoms with van der Waals surface area (Å²) in [6.45, 7) is 4.52. The van der Waals surface area contributed by atoms with E-state index >= 15 is 0 Å². The third-order valence-electron chi connectivity index (χ3n) is 6.85. The van der Waals surface area contributed by atoms with Crippen LogP contribution >= 0.6 is 0 Å². The minimum Gasteiger partial charge on any atom is -0.378 e. The van der Waals surface area contributed by atoms with Crippen LogP contribution in [-0.4, -0.2) is 66.8 Å². The molecular formula is C22H25F3N6O2. The Hall–Kier alpha value is -2.95. The topological polar surface area (TPSA) is 74.7 Å². The summed E-state index contributed by atoms with van der Waals surface area (Å²) in [5.41, 5.74) is -1.36. The third kappa shape index (κ3) is 4.21. The van der Waals surface area contributed by atoms with E-state index in [9.17, 15) is 18.0 Å². The quantitative estimate of drug-likeness (QED) is 0.695. The molecule has 11 heteroatoms. The van der Waals surface area contributed by atoms with Gasteiger partial charge in [-0.25, -0.2) is 9.97 Å². The van der Waals surface area contributed by atoms with Crippen LogP contribution in [-0.2, 0) is 15.7 Å². The molecule has 1 spiro atoms. The molecule has 1 amide bonds. The Morgan fingerprint density at radius 1 is 0.909 bits per heavy atom. The molecule has 0 bridgehead atoms. The van der Waals surface area contributed by atoms with Crippen molar-refractivity contribution in [2.75, 3.05) is 60.6 Å². The average molecular weight is 462 g/mol. The zero-order valence-electron chi connectivity index (χ0n) is 18.1. The fourth-order valence-electron chi connectivity index (χ4n) is 4.85. The number of carbonyl (C=O) groups is 1. The number of pyridine rings is 1. The Morgan fingerprint density at radius 3 is 2.21 bits per heavy atom. The van der Waals surface area contributed by atoms with Gasteiger partial charge in [-0.15, -0.1) is 0 Å². The Bertz CT molecular complexity index is 1020. The van der Waals surface area contributed by atoms with Crippen molar-refractivity contribution in [3.8, 4) is 0 Å². The van der Waals surface area contributed by atoms with Crippen molar-refractivity contribution < 1.29 is 22.7 Å². The molecule has 33 heavy (non-hydrogen) atoms. The van der Waals surface area contributed by atoms with Crippen LogP contribution < -0.4 is 14.7 Å². The molecule has 0 saturated carbocycles. The van der Waals surface area contributed by atoms with E-state index in [1.165, 1.54) is 4.90 Å². The lowest BCUT2D eigenvalue weighted by atomic mass is 9.77. The number of piperidine rings is 1. The number of morpholine rings is 1. The number of rotatable bonds is 3. The number of hydrogen-bond donors (Lipinski definition) is 0. The molecule has 5 rings (SSSR count). The van der Waals surface area contributed by atoms with Gasteiger partial charge >= 0.3 is 6.18 Å². The molecule has 2 aromatic rings. The van der Waals surface area contributed by atoms with Crippen LogP contribution in [0.4, 0.5) is 30.6 Å². The van der Waals surface area contributed by atoms with E-state index < -0.39 is 17.2 Å². The summed E-state index contributed by atoms with van der Waals surface area (Å²) in [4.78, 5) is 32.1. The van der Waals surface area contributed by atoms with Crippen molar-refractivity contribution in [1.29, 1.82) is 0 Å². The number of nitrogens with zero attached hydrogens (tertiary/aromatic N) is 6. The number of carbonyl (C=O) groups excluding carboxylic acids is 1. The molecule has 176 valence electrons. The van der Waals surface area contributed by atoms with Crippen molar-refractivity contribution in [2.45, 2.75) is 25.4 Å². The molecule has 2 aromatic heterocycles. The lowest BCUT2D eigenvalue weighted by Crippen LogP contribution is -2.45. The molecule has 5 heterocycles. The van der Waals surface area contributed by atoms with Crippen LogP contribution in [0.15, 0.2) is 30.7 Å². The first-order valence-electron chi connectivity index (χ1n) is 11.1. The number of alkyl halides is 3. The molecule has 0 N–H and O–H groups in total. The van der Waals surface area contributed by atoms with Gasteiger partial charge in [0, 0.05) is 38.9 Å². The highest BCUT2D eigenvalue weighted by atomic mass is 19.4. The fraction of sp³-hybridized carbons (Fsp3) is 0.545. The van der Waals surface area contributed by atoms with Crippen molar-refractivity contribution in [2.24, 2.45) is 5.41 Å². The van der Waals surface area contributed by atoms with Crippen molar-refractivity contribution in [1.82, 2.24) is 15.0 Å². The molecular weight excluding hydrogens is 437 g/mol. The van der Waals surface area contributed by atoms with E-state index in [1.807, 2.05) is 0 Å². The zero-order chi connectivity index (χ0) is 23.1. The van der Waals surface area contributed by atoms with Gasteiger partial charge in [0.2, 0.25) is 5.91 Å². The predicted octanol–water partition coefficient (Wildman–Crippen LogP) is 2.75. The lowest BCUT2D eigenvalue weighted by Gasteiger charge is -2.38. The molecule has 8 nitrogen and oxygen atoms in total. The van der Waals surface area contributed by atoms with Gasteiger partial charge in [-0.2, -0.15) is 13.2 Å². The molecule has 3 aliphatic rings. The predicted molar refractivity (Wildman–Crippen MR) is 115 cm³/mol. The Kier molecular flexibility index (Phi) is 5.59. The van der Waals surface area contributed by atoms with E-state index in [2.05, 4.69) is 19.8 Å². The normalized spacial score (nSPS) is 21.2. The first-order valence-corrected chi connectivity index (χ1v) is 11.1. The molecule has 0 unspecified atom stereocenters. The number of aromatic nitrogens is 3. The van der Waals surface area contributed by atoms with Crippen LogP contribution in [0.1, 0.15) is 24.8 Å². The van der Waals surface area contributed by atoms with Gasteiger partial charge in [-0.3, -0.25) is 14.7 Å². The molecule has 3 fully saturated rings. The van der Waals surface area contributed by atoms with Gasteiger partial charge < -0.3 is 14.5 Å². The first-order chi connectivity index (χ1) is 15.9. The number of hydrogen-bond acceptors (Lipinski definition) is 7. The first kappa shape index (κ1) is 21.9. The zero-order valence-corrected chi connectivity index (χ0v) is 18.1. The maximum absolute atomic E-state index is 13.3. The summed E-state index contributed by atoms with van der Waals surface area (Å²) in [5, 5.41) is 0. The van der Waals surface area contributed by atoms with E-state index in [-0.39, 0.29) is 11.7 Å². The summed E-state index contributed by atoms with van der Waals surface area (Å²) >= 11 is 0. The van der Waals surface area contributed by atoms with Crippen LogP contribution in [0.5, 0.6) is 0 Å². The maximum Gasteiger partial charge on any atom is 0.416 e. The van der Waals surface area contributed by atoms with Gasteiger partial charge in [0.1, 0.15) is 17.5 Å². The molecule has 0 atom stereocenters. The second kappa shape index (κ2) is 8.44. The van der Waals surface area contributed by atoms with Gasteiger partial charge in [0.25, 0.3) is 0 Å². The number of ether oxygens (including phenoxy) is 1.